The number of rotatable bonds is 4. The van der Waals surface area contributed by atoms with Crippen LogP contribution in [-0.4, -0.2) is 32.9 Å². The summed E-state index contributed by atoms with van der Waals surface area (Å²) in [5.41, 5.74) is 2.77. The Balaban J connectivity index is 1.78. The molecule has 0 fully saturated rings. The van der Waals surface area contributed by atoms with E-state index >= 15 is 0 Å². The molecule has 0 spiro atoms. The Morgan fingerprint density at radius 1 is 1.00 bits per heavy atom. The molecule has 4 aromatic rings. The highest BCUT2D eigenvalue weighted by Crippen LogP contribution is 2.34. The SMILES string of the molecule is COC(=O)c1ccc(Oc2ccc3nnc(C)n3n2)c(-c2ccccc2)c1. The zero-order valence-electron chi connectivity index (χ0n) is 14.8. The number of nitrogens with zero attached hydrogens (tertiary/aromatic N) is 4. The van der Waals surface area contributed by atoms with Gasteiger partial charge in [-0.05, 0) is 36.8 Å². The molecule has 0 aliphatic carbocycles. The molecular formula is C20H16N4O3. The van der Waals surface area contributed by atoms with Crippen LogP contribution in [0.15, 0.2) is 60.7 Å². The van der Waals surface area contributed by atoms with Gasteiger partial charge in [0, 0.05) is 11.6 Å². The zero-order chi connectivity index (χ0) is 18.8. The lowest BCUT2D eigenvalue weighted by atomic mass is 10.0. The van der Waals surface area contributed by atoms with Gasteiger partial charge in [0.15, 0.2) is 11.5 Å². The van der Waals surface area contributed by atoms with Gasteiger partial charge in [0.1, 0.15) is 5.75 Å². The number of methoxy groups -OCH3 is 1. The van der Waals surface area contributed by atoms with Crippen LogP contribution in [0.4, 0.5) is 0 Å². The monoisotopic (exact) mass is 360 g/mol. The molecule has 0 radical (unpaired) electrons. The fourth-order valence-corrected chi connectivity index (χ4v) is 2.75. The van der Waals surface area contributed by atoms with E-state index in [4.69, 9.17) is 9.47 Å². The topological polar surface area (TPSA) is 78.6 Å². The molecular weight excluding hydrogens is 344 g/mol. The molecule has 0 aliphatic heterocycles. The third-order valence-electron chi connectivity index (χ3n) is 4.09. The van der Waals surface area contributed by atoms with E-state index in [0.717, 1.165) is 11.1 Å². The third kappa shape index (κ3) is 3.22. The second kappa shape index (κ2) is 6.87. The van der Waals surface area contributed by atoms with Gasteiger partial charge in [0.05, 0.1) is 12.7 Å². The highest BCUT2D eigenvalue weighted by molar-refractivity contribution is 5.92. The molecule has 0 N–H and O–H groups in total. The summed E-state index contributed by atoms with van der Waals surface area (Å²) < 4.78 is 12.5. The van der Waals surface area contributed by atoms with Crippen molar-refractivity contribution in [1.29, 1.82) is 0 Å². The number of carbonyl (C=O) groups excluding carboxylic acids is 1. The lowest BCUT2D eigenvalue weighted by Gasteiger charge is -2.12. The molecule has 2 aromatic heterocycles. The molecule has 0 amide bonds. The molecule has 134 valence electrons. The normalized spacial score (nSPS) is 10.7. The van der Waals surface area contributed by atoms with Crippen LogP contribution in [0.3, 0.4) is 0 Å². The smallest absolute Gasteiger partial charge is 0.337 e. The summed E-state index contributed by atoms with van der Waals surface area (Å²) in [6, 6.07) is 18.3. The first-order valence-electron chi connectivity index (χ1n) is 8.30. The summed E-state index contributed by atoms with van der Waals surface area (Å²) in [4.78, 5) is 11.9. The van der Waals surface area contributed by atoms with Crippen LogP contribution >= 0.6 is 0 Å². The van der Waals surface area contributed by atoms with Crippen LogP contribution in [0.5, 0.6) is 11.6 Å². The molecule has 0 bridgehead atoms. The van der Waals surface area contributed by atoms with Crippen LogP contribution < -0.4 is 4.74 Å². The van der Waals surface area contributed by atoms with Gasteiger partial charge in [-0.25, -0.2) is 4.79 Å². The van der Waals surface area contributed by atoms with E-state index in [1.54, 1.807) is 34.8 Å². The van der Waals surface area contributed by atoms with Crippen LogP contribution in [0, 0.1) is 6.92 Å². The quantitative estimate of drug-likeness (QED) is 0.517. The number of esters is 1. The Hall–Kier alpha value is -3.74. The maximum Gasteiger partial charge on any atom is 0.337 e. The molecule has 7 nitrogen and oxygen atoms in total. The van der Waals surface area contributed by atoms with Gasteiger partial charge in [0.25, 0.3) is 0 Å². The Kier molecular flexibility index (Phi) is 4.25. The first-order valence-corrected chi connectivity index (χ1v) is 8.30. The lowest BCUT2D eigenvalue weighted by molar-refractivity contribution is 0.0601. The number of aryl methyl sites for hydroxylation is 1. The average molecular weight is 360 g/mol. The summed E-state index contributed by atoms with van der Waals surface area (Å²) in [6.45, 7) is 1.82. The second-order valence-electron chi connectivity index (χ2n) is 5.86. The minimum atomic E-state index is -0.404. The summed E-state index contributed by atoms with van der Waals surface area (Å²) in [5.74, 6) is 1.23. The zero-order valence-corrected chi connectivity index (χ0v) is 14.8. The van der Waals surface area contributed by atoms with Crippen LogP contribution in [0.2, 0.25) is 0 Å². The van der Waals surface area contributed by atoms with Crippen LogP contribution in [0.1, 0.15) is 16.2 Å². The molecule has 4 rings (SSSR count). The molecule has 2 aromatic carbocycles. The third-order valence-corrected chi connectivity index (χ3v) is 4.09. The number of carbonyl (C=O) groups is 1. The highest BCUT2D eigenvalue weighted by Gasteiger charge is 2.14. The first-order chi connectivity index (χ1) is 13.2. The fourth-order valence-electron chi connectivity index (χ4n) is 2.75. The predicted octanol–water partition coefficient (Wildman–Crippen LogP) is 3.68. The van der Waals surface area contributed by atoms with Crippen molar-refractivity contribution in [2.45, 2.75) is 6.92 Å². The van der Waals surface area contributed by atoms with Gasteiger partial charge in [-0.1, -0.05) is 30.3 Å². The Bertz CT molecular complexity index is 1120. The molecule has 0 aliphatic rings. The Morgan fingerprint density at radius 3 is 2.59 bits per heavy atom. The Morgan fingerprint density at radius 2 is 1.81 bits per heavy atom. The summed E-state index contributed by atoms with van der Waals surface area (Å²) >= 11 is 0. The standard InChI is InChI=1S/C20H16N4O3/c1-13-21-22-18-10-11-19(23-24(13)18)27-17-9-8-15(20(25)26-2)12-16(17)14-6-4-3-5-7-14/h3-12H,1-2H3. The number of aromatic nitrogens is 4. The molecule has 7 heteroatoms. The van der Waals surface area contributed by atoms with Gasteiger partial charge in [-0.15, -0.1) is 15.3 Å². The number of benzene rings is 2. The van der Waals surface area contributed by atoms with Crippen LogP contribution in [0.25, 0.3) is 16.8 Å². The van der Waals surface area contributed by atoms with Gasteiger partial charge >= 0.3 is 5.97 Å². The van der Waals surface area contributed by atoms with Gasteiger partial charge in [-0.3, -0.25) is 0 Å². The molecule has 0 saturated heterocycles. The van der Waals surface area contributed by atoms with Gasteiger partial charge in [-0.2, -0.15) is 4.52 Å². The van der Waals surface area contributed by atoms with E-state index < -0.39 is 5.97 Å². The van der Waals surface area contributed by atoms with E-state index in [9.17, 15) is 4.79 Å². The second-order valence-corrected chi connectivity index (χ2v) is 5.86. The van der Waals surface area contributed by atoms with Gasteiger partial charge in [0.2, 0.25) is 5.88 Å². The Labute approximate surface area is 155 Å². The molecule has 0 saturated carbocycles. The first kappa shape index (κ1) is 16.7. The maximum atomic E-state index is 11.9. The molecule has 2 heterocycles. The van der Waals surface area contributed by atoms with Crippen molar-refractivity contribution in [1.82, 2.24) is 19.8 Å². The van der Waals surface area contributed by atoms with Crippen molar-refractivity contribution in [3.63, 3.8) is 0 Å². The summed E-state index contributed by atoms with van der Waals surface area (Å²) in [6.07, 6.45) is 0. The van der Waals surface area contributed by atoms with Gasteiger partial charge < -0.3 is 9.47 Å². The molecule has 0 atom stereocenters. The average Bonchev–Trinajstić information content (AvgIpc) is 3.09. The van der Waals surface area contributed by atoms with Crippen molar-refractivity contribution < 1.29 is 14.3 Å². The molecule has 0 unspecified atom stereocenters. The number of hydrogen-bond donors (Lipinski definition) is 0. The number of hydrogen-bond acceptors (Lipinski definition) is 6. The van der Waals surface area contributed by atoms with E-state index in [-0.39, 0.29) is 0 Å². The molecule has 27 heavy (non-hydrogen) atoms. The van der Waals surface area contributed by atoms with Crippen LogP contribution in [-0.2, 0) is 4.74 Å². The van der Waals surface area contributed by atoms with E-state index in [1.165, 1.54) is 7.11 Å². The minimum absolute atomic E-state index is 0.397. The number of ether oxygens (including phenoxy) is 2. The van der Waals surface area contributed by atoms with E-state index in [1.807, 2.05) is 37.3 Å². The summed E-state index contributed by atoms with van der Waals surface area (Å²) in [7, 11) is 1.36. The number of fused-ring (bicyclic) bond motifs is 1. The van der Waals surface area contributed by atoms with E-state index in [0.29, 0.717) is 28.7 Å². The van der Waals surface area contributed by atoms with Crippen molar-refractivity contribution in [2.24, 2.45) is 0 Å². The minimum Gasteiger partial charge on any atom is -0.465 e. The summed E-state index contributed by atoms with van der Waals surface area (Å²) in [5, 5.41) is 12.4. The lowest BCUT2D eigenvalue weighted by Crippen LogP contribution is -2.02. The highest BCUT2D eigenvalue weighted by atomic mass is 16.5. The van der Waals surface area contributed by atoms with Crippen molar-refractivity contribution in [2.75, 3.05) is 7.11 Å². The van der Waals surface area contributed by atoms with E-state index in [2.05, 4.69) is 15.3 Å². The maximum absolute atomic E-state index is 11.9. The van der Waals surface area contributed by atoms with Crippen molar-refractivity contribution in [3.8, 4) is 22.8 Å². The largest absolute Gasteiger partial charge is 0.465 e. The fraction of sp³-hybridized carbons (Fsp3) is 0.100. The van der Waals surface area contributed by atoms with Crippen molar-refractivity contribution in [3.05, 3.63) is 72.1 Å². The predicted molar refractivity (Wildman–Crippen MR) is 98.8 cm³/mol. The van der Waals surface area contributed by atoms with Crippen molar-refractivity contribution >= 4 is 11.6 Å².